The molecule has 114 valence electrons. The van der Waals surface area contributed by atoms with E-state index in [4.69, 9.17) is 0 Å². The number of hydrogen-bond acceptors (Lipinski definition) is 3. The molecule has 0 fully saturated rings. The first-order valence-electron chi connectivity index (χ1n) is 7.11. The standard InChI is InChI=1S/C19H20O3/c1-13(2)3-10-17-18(21)11-15(12-19(17)22)5-4-14-6-8-16(20)9-7-14/h3-9,11-12,20-22H,10H2,1-2H3/b5-4-. The molecule has 0 saturated heterocycles. The Hall–Kier alpha value is -2.68. The van der Waals surface area contributed by atoms with Crippen molar-refractivity contribution in [2.45, 2.75) is 20.3 Å². The van der Waals surface area contributed by atoms with Gasteiger partial charge in [-0.05, 0) is 55.7 Å². The van der Waals surface area contributed by atoms with Crippen LogP contribution in [0.4, 0.5) is 0 Å². The predicted molar refractivity (Wildman–Crippen MR) is 89.9 cm³/mol. The average molecular weight is 296 g/mol. The van der Waals surface area contributed by atoms with Crippen molar-refractivity contribution >= 4 is 12.2 Å². The van der Waals surface area contributed by atoms with Gasteiger partial charge in [0.15, 0.2) is 0 Å². The zero-order valence-corrected chi connectivity index (χ0v) is 12.7. The maximum absolute atomic E-state index is 10.1. The van der Waals surface area contributed by atoms with Gasteiger partial charge in [0.1, 0.15) is 17.2 Å². The number of phenolic OH excluding ortho intramolecular Hbond substituents is 3. The van der Waals surface area contributed by atoms with Gasteiger partial charge < -0.3 is 15.3 Å². The summed E-state index contributed by atoms with van der Waals surface area (Å²) >= 11 is 0. The van der Waals surface area contributed by atoms with E-state index in [1.807, 2.05) is 26.0 Å². The lowest BCUT2D eigenvalue weighted by molar-refractivity contribution is 0.440. The van der Waals surface area contributed by atoms with Crippen LogP contribution in [0.15, 0.2) is 48.0 Å². The predicted octanol–water partition coefficient (Wildman–Crippen LogP) is 4.48. The summed E-state index contributed by atoms with van der Waals surface area (Å²) in [6, 6.07) is 10.0. The highest BCUT2D eigenvalue weighted by atomic mass is 16.3. The maximum Gasteiger partial charge on any atom is 0.123 e. The molecule has 0 saturated carbocycles. The second kappa shape index (κ2) is 6.85. The summed E-state index contributed by atoms with van der Waals surface area (Å²) in [5.74, 6) is 0.391. The van der Waals surface area contributed by atoms with E-state index in [-0.39, 0.29) is 17.2 Å². The van der Waals surface area contributed by atoms with E-state index >= 15 is 0 Å². The van der Waals surface area contributed by atoms with Crippen molar-refractivity contribution in [2.24, 2.45) is 0 Å². The molecule has 0 aliphatic heterocycles. The Morgan fingerprint density at radius 3 is 1.95 bits per heavy atom. The number of benzene rings is 2. The van der Waals surface area contributed by atoms with E-state index in [0.717, 1.165) is 11.1 Å². The van der Waals surface area contributed by atoms with E-state index in [1.165, 1.54) is 0 Å². The van der Waals surface area contributed by atoms with Crippen LogP contribution in [0.3, 0.4) is 0 Å². The van der Waals surface area contributed by atoms with E-state index in [0.29, 0.717) is 17.5 Å². The van der Waals surface area contributed by atoms with Gasteiger partial charge in [-0.1, -0.05) is 35.9 Å². The molecule has 3 nitrogen and oxygen atoms in total. The Bertz CT molecular complexity index is 683. The van der Waals surface area contributed by atoms with Gasteiger partial charge in [-0.25, -0.2) is 0 Å². The van der Waals surface area contributed by atoms with Crippen molar-refractivity contribution in [3.8, 4) is 17.2 Å². The number of hydrogen-bond donors (Lipinski definition) is 3. The molecule has 3 heteroatoms. The van der Waals surface area contributed by atoms with Crippen LogP contribution < -0.4 is 0 Å². The second-order valence-electron chi connectivity index (χ2n) is 5.45. The number of phenols is 3. The minimum Gasteiger partial charge on any atom is -0.508 e. The van der Waals surface area contributed by atoms with Crippen molar-refractivity contribution in [1.82, 2.24) is 0 Å². The topological polar surface area (TPSA) is 60.7 Å². The Kier molecular flexibility index (Phi) is 4.89. The molecule has 0 aliphatic rings. The molecule has 3 N–H and O–H groups in total. The quantitative estimate of drug-likeness (QED) is 0.575. The average Bonchev–Trinajstić information content (AvgIpc) is 2.45. The fourth-order valence-electron chi connectivity index (χ4n) is 2.05. The SMILES string of the molecule is CC(C)=CCc1c(O)cc(/C=C\c2ccc(O)cc2)cc1O. The van der Waals surface area contributed by atoms with Crippen LogP contribution in [-0.4, -0.2) is 15.3 Å². The number of allylic oxidation sites excluding steroid dienone is 2. The molecule has 22 heavy (non-hydrogen) atoms. The molecule has 0 amide bonds. The third-order valence-electron chi connectivity index (χ3n) is 3.30. The first-order chi connectivity index (χ1) is 10.5. The molecule has 0 atom stereocenters. The molecule has 2 aromatic carbocycles. The van der Waals surface area contributed by atoms with Crippen molar-refractivity contribution in [3.63, 3.8) is 0 Å². The minimum atomic E-state index is 0.0860. The molecule has 0 radical (unpaired) electrons. The largest absolute Gasteiger partial charge is 0.508 e. The molecule has 0 bridgehead atoms. The van der Waals surface area contributed by atoms with Crippen LogP contribution in [0, 0.1) is 0 Å². The molecule has 2 aromatic rings. The van der Waals surface area contributed by atoms with Gasteiger partial charge in [-0.15, -0.1) is 0 Å². The summed E-state index contributed by atoms with van der Waals surface area (Å²) in [6.45, 7) is 3.95. The summed E-state index contributed by atoms with van der Waals surface area (Å²) in [5.41, 5.74) is 3.30. The number of aromatic hydroxyl groups is 3. The van der Waals surface area contributed by atoms with Crippen LogP contribution in [0.2, 0.25) is 0 Å². The molecule has 0 aliphatic carbocycles. The second-order valence-corrected chi connectivity index (χ2v) is 5.45. The zero-order valence-electron chi connectivity index (χ0n) is 12.7. The van der Waals surface area contributed by atoms with E-state index in [1.54, 1.807) is 42.5 Å². The summed E-state index contributed by atoms with van der Waals surface area (Å²) in [7, 11) is 0. The van der Waals surface area contributed by atoms with Gasteiger partial charge in [0.2, 0.25) is 0 Å². The summed E-state index contributed by atoms with van der Waals surface area (Å²) < 4.78 is 0. The maximum atomic E-state index is 10.1. The summed E-state index contributed by atoms with van der Waals surface area (Å²) in [4.78, 5) is 0. The van der Waals surface area contributed by atoms with Gasteiger partial charge in [0.25, 0.3) is 0 Å². The molecule has 0 unspecified atom stereocenters. The Balaban J connectivity index is 2.22. The van der Waals surface area contributed by atoms with Crippen molar-refractivity contribution in [2.75, 3.05) is 0 Å². The highest BCUT2D eigenvalue weighted by Crippen LogP contribution is 2.30. The third-order valence-corrected chi connectivity index (χ3v) is 3.30. The Morgan fingerprint density at radius 1 is 0.864 bits per heavy atom. The summed E-state index contributed by atoms with van der Waals surface area (Å²) in [6.07, 6.45) is 6.11. The fourth-order valence-corrected chi connectivity index (χ4v) is 2.05. The highest BCUT2D eigenvalue weighted by molar-refractivity contribution is 5.71. The lowest BCUT2D eigenvalue weighted by atomic mass is 10.0. The zero-order chi connectivity index (χ0) is 16.1. The lowest BCUT2D eigenvalue weighted by Gasteiger charge is -2.07. The van der Waals surface area contributed by atoms with Gasteiger partial charge in [0.05, 0.1) is 0 Å². The van der Waals surface area contributed by atoms with Gasteiger partial charge in [0, 0.05) is 5.56 Å². The number of rotatable bonds is 4. The molecule has 0 heterocycles. The first kappa shape index (κ1) is 15.7. The van der Waals surface area contributed by atoms with Crippen LogP contribution in [-0.2, 0) is 6.42 Å². The smallest absolute Gasteiger partial charge is 0.123 e. The normalized spacial score (nSPS) is 10.8. The van der Waals surface area contributed by atoms with Gasteiger partial charge in [-0.2, -0.15) is 0 Å². The van der Waals surface area contributed by atoms with Crippen molar-refractivity contribution in [1.29, 1.82) is 0 Å². The van der Waals surface area contributed by atoms with Gasteiger partial charge in [-0.3, -0.25) is 0 Å². The molecular weight excluding hydrogens is 276 g/mol. The summed E-state index contributed by atoms with van der Waals surface area (Å²) in [5, 5.41) is 29.4. The monoisotopic (exact) mass is 296 g/mol. The van der Waals surface area contributed by atoms with Gasteiger partial charge >= 0.3 is 0 Å². The molecule has 0 aromatic heterocycles. The van der Waals surface area contributed by atoms with Crippen LogP contribution in [0.1, 0.15) is 30.5 Å². The molecule has 0 spiro atoms. The fraction of sp³-hybridized carbons (Fsp3) is 0.158. The first-order valence-corrected chi connectivity index (χ1v) is 7.11. The van der Waals surface area contributed by atoms with Crippen LogP contribution in [0.5, 0.6) is 17.2 Å². The van der Waals surface area contributed by atoms with Crippen molar-refractivity contribution < 1.29 is 15.3 Å². The van der Waals surface area contributed by atoms with E-state index < -0.39 is 0 Å². The van der Waals surface area contributed by atoms with Crippen LogP contribution >= 0.6 is 0 Å². The third kappa shape index (κ3) is 4.16. The highest BCUT2D eigenvalue weighted by Gasteiger charge is 2.07. The van der Waals surface area contributed by atoms with Crippen molar-refractivity contribution in [3.05, 3.63) is 64.7 Å². The molecule has 2 rings (SSSR count). The van der Waals surface area contributed by atoms with Crippen LogP contribution in [0.25, 0.3) is 12.2 Å². The van der Waals surface area contributed by atoms with E-state index in [2.05, 4.69) is 0 Å². The molecular formula is C19H20O3. The minimum absolute atomic E-state index is 0.0860. The Labute approximate surface area is 130 Å². The van der Waals surface area contributed by atoms with E-state index in [9.17, 15) is 15.3 Å². The Morgan fingerprint density at radius 2 is 1.41 bits per heavy atom. The lowest BCUT2D eigenvalue weighted by Crippen LogP contribution is -1.87.